The standard InChI is InChI=1S/C20H15Cl2N3O4S/c21-14-7-9-15(10-8-14)25-30(28,29)16-11-5-13(6-12-16)19(26)23-24-20(27)17-3-1-2-4-18(17)22/h1-12,25H,(H,23,26)(H,24,27). The number of carbonyl (C=O) groups excluding carboxylic acids is 2. The van der Waals surface area contributed by atoms with Gasteiger partial charge in [-0.15, -0.1) is 0 Å². The second-order valence-corrected chi connectivity index (χ2v) is 8.55. The van der Waals surface area contributed by atoms with Crippen molar-refractivity contribution in [3.63, 3.8) is 0 Å². The first kappa shape index (κ1) is 21.6. The Morgan fingerprint density at radius 3 is 1.97 bits per heavy atom. The molecule has 2 amide bonds. The molecule has 0 aliphatic carbocycles. The van der Waals surface area contributed by atoms with Gasteiger partial charge in [-0.2, -0.15) is 0 Å². The second kappa shape index (κ2) is 9.17. The second-order valence-electron chi connectivity index (χ2n) is 6.02. The van der Waals surface area contributed by atoms with Crippen LogP contribution in [0.4, 0.5) is 5.69 Å². The van der Waals surface area contributed by atoms with E-state index in [2.05, 4.69) is 15.6 Å². The van der Waals surface area contributed by atoms with Crippen molar-refractivity contribution in [2.45, 2.75) is 4.90 Å². The summed E-state index contributed by atoms with van der Waals surface area (Å²) >= 11 is 11.7. The predicted octanol–water partition coefficient (Wildman–Crippen LogP) is 3.87. The zero-order valence-electron chi connectivity index (χ0n) is 15.2. The Labute approximate surface area is 183 Å². The minimum absolute atomic E-state index is 0.0332. The van der Waals surface area contributed by atoms with Crippen molar-refractivity contribution in [2.75, 3.05) is 4.72 Å². The molecule has 0 fully saturated rings. The smallest absolute Gasteiger partial charge is 0.271 e. The van der Waals surface area contributed by atoms with Crippen LogP contribution in [0.25, 0.3) is 0 Å². The summed E-state index contributed by atoms with van der Waals surface area (Å²) < 4.78 is 27.3. The first-order chi connectivity index (χ1) is 14.3. The topological polar surface area (TPSA) is 104 Å². The van der Waals surface area contributed by atoms with Gasteiger partial charge in [-0.05, 0) is 60.7 Å². The number of amides is 2. The highest BCUT2D eigenvalue weighted by Gasteiger charge is 2.16. The van der Waals surface area contributed by atoms with E-state index in [0.29, 0.717) is 10.7 Å². The molecule has 0 aliphatic heterocycles. The summed E-state index contributed by atoms with van der Waals surface area (Å²) in [5.41, 5.74) is 5.21. The van der Waals surface area contributed by atoms with Crippen LogP contribution in [-0.2, 0) is 10.0 Å². The van der Waals surface area contributed by atoms with Crippen molar-refractivity contribution in [1.82, 2.24) is 10.9 Å². The fourth-order valence-corrected chi connectivity index (χ4v) is 3.82. The maximum atomic E-state index is 12.5. The average molecular weight is 464 g/mol. The summed E-state index contributed by atoms with van der Waals surface area (Å²) in [5.74, 6) is -1.20. The molecule has 0 atom stereocenters. The van der Waals surface area contributed by atoms with Crippen LogP contribution in [0.15, 0.2) is 77.7 Å². The number of benzene rings is 3. The quantitative estimate of drug-likeness (QED) is 0.499. The lowest BCUT2D eigenvalue weighted by Crippen LogP contribution is -2.41. The number of hydrogen-bond donors (Lipinski definition) is 3. The lowest BCUT2D eigenvalue weighted by molar-refractivity contribution is 0.0846. The monoisotopic (exact) mass is 463 g/mol. The van der Waals surface area contributed by atoms with Crippen molar-refractivity contribution >= 4 is 50.7 Å². The van der Waals surface area contributed by atoms with Crippen molar-refractivity contribution in [2.24, 2.45) is 0 Å². The molecule has 0 saturated heterocycles. The number of sulfonamides is 1. The van der Waals surface area contributed by atoms with Crippen LogP contribution in [0.5, 0.6) is 0 Å². The third kappa shape index (κ3) is 5.29. The van der Waals surface area contributed by atoms with Crippen molar-refractivity contribution in [1.29, 1.82) is 0 Å². The average Bonchev–Trinajstić information content (AvgIpc) is 2.73. The van der Waals surface area contributed by atoms with E-state index in [1.165, 1.54) is 42.5 Å². The molecule has 0 bridgehead atoms. The number of nitrogens with one attached hydrogen (secondary N) is 3. The predicted molar refractivity (Wildman–Crippen MR) is 115 cm³/mol. The summed E-state index contributed by atoms with van der Waals surface area (Å²) in [6.45, 7) is 0. The molecule has 0 aliphatic rings. The van der Waals surface area contributed by atoms with Crippen LogP contribution >= 0.6 is 23.2 Å². The number of anilines is 1. The fourth-order valence-electron chi connectivity index (χ4n) is 2.42. The minimum atomic E-state index is -3.84. The molecule has 0 saturated carbocycles. The molecule has 3 rings (SSSR count). The summed E-state index contributed by atoms with van der Waals surface area (Å²) in [4.78, 5) is 24.3. The fraction of sp³-hybridized carbons (Fsp3) is 0. The largest absolute Gasteiger partial charge is 0.280 e. The molecule has 0 heterocycles. The molecule has 0 aromatic heterocycles. The normalized spacial score (nSPS) is 10.9. The zero-order valence-corrected chi connectivity index (χ0v) is 17.6. The Balaban J connectivity index is 1.64. The summed E-state index contributed by atoms with van der Waals surface area (Å²) in [5, 5.41) is 0.724. The maximum Gasteiger partial charge on any atom is 0.271 e. The number of hydrazine groups is 1. The van der Waals surface area contributed by atoms with E-state index >= 15 is 0 Å². The number of rotatable bonds is 5. The van der Waals surface area contributed by atoms with E-state index in [-0.39, 0.29) is 21.0 Å². The minimum Gasteiger partial charge on any atom is -0.280 e. The van der Waals surface area contributed by atoms with Crippen molar-refractivity contribution in [3.8, 4) is 0 Å². The van der Waals surface area contributed by atoms with E-state index in [1.54, 1.807) is 30.3 Å². The van der Waals surface area contributed by atoms with Gasteiger partial charge in [0.15, 0.2) is 0 Å². The first-order valence-electron chi connectivity index (χ1n) is 8.50. The molecule has 10 heteroatoms. The Morgan fingerprint density at radius 2 is 1.33 bits per heavy atom. The molecular weight excluding hydrogens is 449 g/mol. The van der Waals surface area contributed by atoms with Crippen LogP contribution in [-0.4, -0.2) is 20.2 Å². The van der Waals surface area contributed by atoms with E-state index in [1.807, 2.05) is 0 Å². The summed E-state index contributed by atoms with van der Waals surface area (Å²) in [7, 11) is -3.84. The molecule has 154 valence electrons. The molecule has 3 N–H and O–H groups in total. The van der Waals surface area contributed by atoms with Gasteiger partial charge in [0.25, 0.3) is 21.8 Å². The Hall–Kier alpha value is -3.07. The van der Waals surface area contributed by atoms with Gasteiger partial charge in [0.2, 0.25) is 0 Å². The SMILES string of the molecule is O=C(NNC(=O)c1ccccc1Cl)c1ccc(S(=O)(=O)Nc2ccc(Cl)cc2)cc1. The molecule has 0 spiro atoms. The Morgan fingerprint density at radius 1 is 0.733 bits per heavy atom. The molecular formula is C20H15Cl2N3O4S. The number of hydrogen-bond acceptors (Lipinski definition) is 4. The Bertz CT molecular complexity index is 1180. The van der Waals surface area contributed by atoms with Crippen molar-refractivity contribution < 1.29 is 18.0 Å². The molecule has 3 aromatic rings. The van der Waals surface area contributed by atoms with Crippen LogP contribution in [0.2, 0.25) is 10.0 Å². The van der Waals surface area contributed by atoms with E-state index in [4.69, 9.17) is 23.2 Å². The summed E-state index contributed by atoms with van der Waals surface area (Å²) in [6, 6.07) is 17.8. The number of halogens is 2. The highest BCUT2D eigenvalue weighted by Crippen LogP contribution is 2.19. The maximum absolute atomic E-state index is 12.5. The van der Waals surface area contributed by atoms with Crippen LogP contribution < -0.4 is 15.6 Å². The van der Waals surface area contributed by atoms with Gasteiger partial charge < -0.3 is 0 Å². The summed E-state index contributed by atoms with van der Waals surface area (Å²) in [6.07, 6.45) is 0. The van der Waals surface area contributed by atoms with Gasteiger partial charge in [0.05, 0.1) is 15.5 Å². The zero-order chi connectivity index (χ0) is 21.7. The van der Waals surface area contributed by atoms with Gasteiger partial charge in [-0.25, -0.2) is 8.42 Å². The van der Waals surface area contributed by atoms with Crippen LogP contribution in [0.3, 0.4) is 0 Å². The van der Waals surface area contributed by atoms with Gasteiger partial charge in [0, 0.05) is 16.3 Å². The van der Waals surface area contributed by atoms with Crippen LogP contribution in [0, 0.1) is 0 Å². The molecule has 7 nitrogen and oxygen atoms in total. The third-order valence-electron chi connectivity index (χ3n) is 3.93. The van der Waals surface area contributed by atoms with E-state index in [9.17, 15) is 18.0 Å². The van der Waals surface area contributed by atoms with E-state index in [0.717, 1.165) is 0 Å². The van der Waals surface area contributed by atoms with E-state index < -0.39 is 21.8 Å². The van der Waals surface area contributed by atoms with Gasteiger partial charge in [0.1, 0.15) is 0 Å². The van der Waals surface area contributed by atoms with Gasteiger partial charge >= 0.3 is 0 Å². The highest BCUT2D eigenvalue weighted by atomic mass is 35.5. The molecule has 0 unspecified atom stereocenters. The lowest BCUT2D eigenvalue weighted by Gasteiger charge is -2.10. The van der Waals surface area contributed by atoms with Gasteiger partial charge in [-0.1, -0.05) is 35.3 Å². The molecule has 30 heavy (non-hydrogen) atoms. The third-order valence-corrected chi connectivity index (χ3v) is 5.91. The first-order valence-corrected chi connectivity index (χ1v) is 10.7. The van der Waals surface area contributed by atoms with Crippen LogP contribution in [0.1, 0.15) is 20.7 Å². The Kier molecular flexibility index (Phi) is 6.61. The molecule has 3 aromatic carbocycles. The molecule has 0 radical (unpaired) electrons. The highest BCUT2D eigenvalue weighted by molar-refractivity contribution is 7.92. The van der Waals surface area contributed by atoms with Crippen molar-refractivity contribution in [3.05, 3.63) is 94.0 Å². The van der Waals surface area contributed by atoms with Gasteiger partial charge in [-0.3, -0.25) is 25.2 Å². The number of carbonyl (C=O) groups is 2. The lowest BCUT2D eigenvalue weighted by atomic mass is 10.2.